The molecule has 0 atom stereocenters. The number of benzene rings is 1. The van der Waals surface area contributed by atoms with Gasteiger partial charge in [0.25, 0.3) is 5.91 Å². The van der Waals surface area contributed by atoms with E-state index in [4.69, 9.17) is 9.72 Å². The third-order valence-electron chi connectivity index (χ3n) is 6.83. The fourth-order valence-corrected chi connectivity index (χ4v) is 5.95. The van der Waals surface area contributed by atoms with Gasteiger partial charge in [0.1, 0.15) is 11.6 Å². The number of piperidine rings is 1. The highest BCUT2D eigenvalue weighted by atomic mass is 32.2. The number of aromatic nitrogens is 1. The number of amides is 1. The number of hydrogen-bond acceptors (Lipinski definition) is 6. The molecule has 2 aliphatic carbocycles. The lowest BCUT2D eigenvalue weighted by Crippen LogP contribution is -2.35. The monoisotopic (exact) mass is 503 g/mol. The molecule has 5 rings (SSSR count). The lowest BCUT2D eigenvalue weighted by Gasteiger charge is -2.31. The van der Waals surface area contributed by atoms with E-state index < -0.39 is 5.82 Å². The standard InChI is InChI=1S/C26H34FN3O2S2/c1-16(2)26-28-19(15-33-26)13-30-9-7-17(8-10-30)14-32-24-12-23(27)22(11-21(24)18-3-4-18)25(31)29-34-20-5-6-20/h11-12,15-18,20H,3-10,13-14H2,1-2H3,(H,29,31). The first kappa shape index (κ1) is 24.1. The molecule has 2 heterocycles. The second kappa shape index (κ2) is 10.5. The molecule has 1 aromatic heterocycles. The van der Waals surface area contributed by atoms with E-state index in [2.05, 4.69) is 28.8 Å². The summed E-state index contributed by atoms with van der Waals surface area (Å²) < 4.78 is 23.8. The minimum absolute atomic E-state index is 0.137. The Hall–Kier alpha value is -1.64. The first-order valence-corrected chi connectivity index (χ1v) is 14.3. The molecule has 2 saturated carbocycles. The number of nitrogens with zero attached hydrogens (tertiary/aromatic N) is 2. The van der Waals surface area contributed by atoms with Crippen LogP contribution in [0.3, 0.4) is 0 Å². The maximum absolute atomic E-state index is 14.8. The lowest BCUT2D eigenvalue weighted by molar-refractivity contribution is 0.0980. The maximum atomic E-state index is 14.8. The Bertz CT molecular complexity index is 1010. The number of nitrogens with one attached hydrogen (secondary N) is 1. The number of rotatable bonds is 10. The smallest absolute Gasteiger partial charge is 0.264 e. The topological polar surface area (TPSA) is 54.5 Å². The largest absolute Gasteiger partial charge is 0.493 e. The first-order valence-electron chi connectivity index (χ1n) is 12.5. The maximum Gasteiger partial charge on any atom is 0.264 e. The van der Waals surface area contributed by atoms with Gasteiger partial charge >= 0.3 is 0 Å². The Balaban J connectivity index is 1.14. The Labute approximate surface area is 210 Å². The van der Waals surface area contributed by atoms with E-state index in [0.717, 1.165) is 63.7 Å². The molecule has 3 fully saturated rings. The first-order chi connectivity index (χ1) is 16.5. The highest BCUT2D eigenvalue weighted by Crippen LogP contribution is 2.45. The summed E-state index contributed by atoms with van der Waals surface area (Å²) in [5.74, 6) is 1.12. The van der Waals surface area contributed by atoms with E-state index in [1.165, 1.54) is 28.7 Å². The van der Waals surface area contributed by atoms with Crippen molar-refractivity contribution in [1.82, 2.24) is 14.6 Å². The molecular formula is C26H34FN3O2S2. The molecule has 3 aliphatic rings. The zero-order valence-corrected chi connectivity index (χ0v) is 21.7. The molecule has 1 aliphatic heterocycles. The van der Waals surface area contributed by atoms with Crippen molar-refractivity contribution in [2.45, 2.75) is 76.0 Å². The Morgan fingerprint density at radius 1 is 1.24 bits per heavy atom. The van der Waals surface area contributed by atoms with Gasteiger partial charge in [-0.3, -0.25) is 14.4 Å². The molecular weight excluding hydrogens is 469 g/mol. The highest BCUT2D eigenvalue weighted by molar-refractivity contribution is 7.98. The molecule has 0 bridgehead atoms. The number of carbonyl (C=O) groups excluding carboxylic acids is 1. The predicted molar refractivity (Wildman–Crippen MR) is 136 cm³/mol. The predicted octanol–water partition coefficient (Wildman–Crippen LogP) is 6.11. The van der Waals surface area contributed by atoms with Crippen LogP contribution < -0.4 is 9.46 Å². The van der Waals surface area contributed by atoms with Gasteiger partial charge < -0.3 is 4.74 Å². The molecule has 2 aromatic rings. The Kier molecular flexibility index (Phi) is 7.46. The summed E-state index contributed by atoms with van der Waals surface area (Å²) in [4.78, 5) is 19.7. The number of halogens is 1. The van der Waals surface area contributed by atoms with Gasteiger partial charge in [0.15, 0.2) is 0 Å². The van der Waals surface area contributed by atoms with Gasteiger partial charge in [-0.1, -0.05) is 13.8 Å². The molecule has 0 unspecified atom stereocenters. The van der Waals surface area contributed by atoms with Crippen molar-refractivity contribution in [3.05, 3.63) is 45.2 Å². The molecule has 5 nitrogen and oxygen atoms in total. The average molecular weight is 504 g/mol. The van der Waals surface area contributed by atoms with Gasteiger partial charge in [0.2, 0.25) is 0 Å². The summed E-state index contributed by atoms with van der Waals surface area (Å²) in [6.07, 6.45) is 6.54. The summed E-state index contributed by atoms with van der Waals surface area (Å²) in [7, 11) is 0. The molecule has 0 radical (unpaired) electrons. The van der Waals surface area contributed by atoms with Gasteiger partial charge in [-0.25, -0.2) is 9.37 Å². The van der Waals surface area contributed by atoms with Crippen molar-refractivity contribution >= 4 is 29.2 Å². The van der Waals surface area contributed by atoms with Crippen molar-refractivity contribution in [2.75, 3.05) is 19.7 Å². The van der Waals surface area contributed by atoms with Crippen LogP contribution in [0.2, 0.25) is 0 Å². The Morgan fingerprint density at radius 2 is 2.00 bits per heavy atom. The second-order valence-electron chi connectivity index (χ2n) is 10.3. The minimum atomic E-state index is -0.493. The van der Waals surface area contributed by atoms with Crippen molar-refractivity contribution < 1.29 is 13.9 Å². The number of likely N-dealkylation sites (tertiary alicyclic amines) is 1. The molecule has 0 spiro atoms. The van der Waals surface area contributed by atoms with Crippen LogP contribution in [0.25, 0.3) is 0 Å². The van der Waals surface area contributed by atoms with E-state index in [-0.39, 0.29) is 11.5 Å². The molecule has 1 amide bonds. The van der Waals surface area contributed by atoms with Crippen LogP contribution in [0.5, 0.6) is 5.75 Å². The third kappa shape index (κ3) is 6.13. The van der Waals surface area contributed by atoms with Crippen LogP contribution in [0.15, 0.2) is 17.5 Å². The molecule has 1 aromatic carbocycles. The summed E-state index contributed by atoms with van der Waals surface area (Å²) in [6, 6.07) is 3.17. The number of carbonyl (C=O) groups is 1. The lowest BCUT2D eigenvalue weighted by atomic mass is 9.97. The molecule has 1 saturated heterocycles. The minimum Gasteiger partial charge on any atom is -0.493 e. The summed E-state index contributed by atoms with van der Waals surface area (Å²) in [6.45, 7) is 7.95. The van der Waals surface area contributed by atoms with Crippen molar-refractivity contribution in [3.63, 3.8) is 0 Å². The summed E-state index contributed by atoms with van der Waals surface area (Å²) in [5.41, 5.74) is 2.30. The molecule has 184 valence electrons. The van der Waals surface area contributed by atoms with Gasteiger partial charge in [-0.15, -0.1) is 11.3 Å². The molecule has 34 heavy (non-hydrogen) atoms. The third-order valence-corrected chi connectivity index (χ3v) is 9.14. The molecule has 8 heteroatoms. The fourth-order valence-electron chi connectivity index (χ4n) is 4.37. The van der Waals surface area contributed by atoms with Crippen LogP contribution in [0.4, 0.5) is 4.39 Å². The van der Waals surface area contributed by atoms with Gasteiger partial charge in [-0.2, -0.15) is 0 Å². The van der Waals surface area contributed by atoms with Gasteiger partial charge in [0, 0.05) is 29.2 Å². The van der Waals surface area contributed by atoms with E-state index in [0.29, 0.717) is 35.4 Å². The summed E-state index contributed by atoms with van der Waals surface area (Å²) in [5, 5.41) is 3.89. The van der Waals surface area contributed by atoms with E-state index in [1.807, 2.05) is 0 Å². The van der Waals surface area contributed by atoms with Crippen LogP contribution >= 0.6 is 23.3 Å². The van der Waals surface area contributed by atoms with Crippen LogP contribution in [0, 0.1) is 11.7 Å². The van der Waals surface area contributed by atoms with Crippen molar-refractivity contribution in [1.29, 1.82) is 0 Å². The number of ether oxygens (including phenoxy) is 1. The normalized spacial score (nSPS) is 19.5. The van der Waals surface area contributed by atoms with Gasteiger partial charge in [0.05, 0.1) is 22.9 Å². The number of hydrogen-bond donors (Lipinski definition) is 1. The van der Waals surface area contributed by atoms with Crippen LogP contribution in [0.1, 0.15) is 90.8 Å². The number of thiazole rings is 1. The van der Waals surface area contributed by atoms with E-state index >= 15 is 0 Å². The van der Waals surface area contributed by atoms with Gasteiger partial charge in [-0.05, 0) is 87.0 Å². The zero-order valence-electron chi connectivity index (χ0n) is 20.0. The highest BCUT2D eigenvalue weighted by Gasteiger charge is 2.31. The second-order valence-corrected chi connectivity index (χ2v) is 12.3. The van der Waals surface area contributed by atoms with Crippen LogP contribution in [-0.4, -0.2) is 40.7 Å². The quantitative estimate of drug-likeness (QED) is 0.396. The molecule has 1 N–H and O–H groups in total. The average Bonchev–Trinajstić information content (AvgIpc) is 3.76. The fraction of sp³-hybridized carbons (Fsp3) is 0.615. The van der Waals surface area contributed by atoms with Crippen molar-refractivity contribution in [2.24, 2.45) is 5.92 Å². The summed E-state index contributed by atoms with van der Waals surface area (Å²) >= 11 is 3.17. The van der Waals surface area contributed by atoms with Crippen LogP contribution in [-0.2, 0) is 6.54 Å². The van der Waals surface area contributed by atoms with E-state index in [9.17, 15) is 9.18 Å². The van der Waals surface area contributed by atoms with Crippen molar-refractivity contribution in [3.8, 4) is 5.75 Å². The Morgan fingerprint density at radius 3 is 2.65 bits per heavy atom. The SMILES string of the molecule is CC(C)c1nc(CN2CCC(COc3cc(F)c(C(=O)NSC4CC4)cc3C3CC3)CC2)cs1. The van der Waals surface area contributed by atoms with E-state index in [1.54, 1.807) is 17.4 Å². The zero-order chi connectivity index (χ0) is 23.7.